The van der Waals surface area contributed by atoms with E-state index in [1.807, 2.05) is 17.0 Å². The van der Waals surface area contributed by atoms with Gasteiger partial charge in [0.1, 0.15) is 11.6 Å². The second kappa shape index (κ2) is 9.77. The minimum atomic E-state index is -0.469. The SMILES string of the molecule is N=C(N)N1CC=C(c2ccc(C(=O)Nc3ccc(N4CCN(C(=N)N)CC4)cn3)cc2F)CC1. The van der Waals surface area contributed by atoms with Crippen LogP contribution in [0.4, 0.5) is 15.9 Å². The number of rotatable bonds is 4. The van der Waals surface area contributed by atoms with Gasteiger partial charge < -0.3 is 31.5 Å². The highest BCUT2D eigenvalue weighted by atomic mass is 19.1. The van der Waals surface area contributed by atoms with Crippen molar-refractivity contribution in [3.8, 4) is 0 Å². The smallest absolute Gasteiger partial charge is 0.256 e. The normalized spacial score (nSPS) is 16.1. The van der Waals surface area contributed by atoms with E-state index in [4.69, 9.17) is 22.3 Å². The zero-order valence-corrected chi connectivity index (χ0v) is 18.7. The second-order valence-corrected chi connectivity index (χ2v) is 8.22. The number of pyridine rings is 1. The van der Waals surface area contributed by atoms with E-state index < -0.39 is 11.7 Å². The van der Waals surface area contributed by atoms with Crippen LogP contribution in [0.5, 0.6) is 0 Å². The molecule has 2 aromatic rings. The van der Waals surface area contributed by atoms with Crippen molar-refractivity contribution in [1.82, 2.24) is 14.8 Å². The fourth-order valence-electron chi connectivity index (χ4n) is 4.09. The van der Waals surface area contributed by atoms with E-state index in [9.17, 15) is 9.18 Å². The van der Waals surface area contributed by atoms with E-state index in [-0.39, 0.29) is 17.5 Å². The lowest BCUT2D eigenvalue weighted by atomic mass is 9.97. The Labute approximate surface area is 197 Å². The van der Waals surface area contributed by atoms with E-state index in [1.54, 1.807) is 29.3 Å². The molecule has 0 radical (unpaired) electrons. The first-order valence-corrected chi connectivity index (χ1v) is 11.0. The molecule has 34 heavy (non-hydrogen) atoms. The van der Waals surface area contributed by atoms with Gasteiger partial charge in [-0.1, -0.05) is 12.1 Å². The fraction of sp³-hybridized carbons (Fsp3) is 0.304. The number of nitrogens with two attached hydrogens (primary N) is 2. The number of benzene rings is 1. The van der Waals surface area contributed by atoms with Crippen molar-refractivity contribution in [3.63, 3.8) is 0 Å². The molecule has 178 valence electrons. The summed E-state index contributed by atoms with van der Waals surface area (Å²) in [6.45, 7) is 3.80. The Balaban J connectivity index is 1.37. The Kier molecular flexibility index (Phi) is 6.62. The number of amides is 1. The summed E-state index contributed by atoms with van der Waals surface area (Å²) in [5, 5.41) is 17.7. The predicted molar refractivity (Wildman–Crippen MR) is 130 cm³/mol. The maximum absolute atomic E-state index is 14.8. The molecule has 1 fully saturated rings. The van der Waals surface area contributed by atoms with E-state index in [0.29, 0.717) is 44.0 Å². The summed E-state index contributed by atoms with van der Waals surface area (Å²) in [4.78, 5) is 22.6. The number of carbonyl (C=O) groups excluding carboxylic acids is 1. The van der Waals surface area contributed by atoms with Gasteiger partial charge in [-0.25, -0.2) is 9.37 Å². The molecule has 0 bridgehead atoms. The maximum atomic E-state index is 14.8. The molecule has 1 aromatic heterocycles. The Morgan fingerprint density at radius 3 is 2.29 bits per heavy atom. The van der Waals surface area contributed by atoms with Crippen molar-refractivity contribution in [2.75, 3.05) is 49.5 Å². The van der Waals surface area contributed by atoms with Crippen molar-refractivity contribution in [2.24, 2.45) is 11.5 Å². The lowest BCUT2D eigenvalue weighted by molar-refractivity contribution is 0.102. The minimum Gasteiger partial charge on any atom is -0.370 e. The molecule has 1 saturated heterocycles. The van der Waals surface area contributed by atoms with Crippen LogP contribution < -0.4 is 21.7 Å². The molecule has 0 unspecified atom stereocenters. The lowest BCUT2D eigenvalue weighted by Crippen LogP contribution is -2.50. The number of hydrogen-bond donors (Lipinski definition) is 5. The Hall–Kier alpha value is -4.15. The predicted octanol–water partition coefficient (Wildman–Crippen LogP) is 1.47. The van der Waals surface area contributed by atoms with Crippen molar-refractivity contribution in [3.05, 3.63) is 59.5 Å². The summed E-state index contributed by atoms with van der Waals surface area (Å²) in [5.74, 6) is -0.459. The Morgan fingerprint density at radius 1 is 1.00 bits per heavy atom. The third kappa shape index (κ3) is 5.08. The van der Waals surface area contributed by atoms with Crippen LogP contribution in [0.15, 0.2) is 42.6 Å². The van der Waals surface area contributed by atoms with Crippen LogP contribution in [0.1, 0.15) is 22.3 Å². The molecule has 1 amide bonds. The summed E-state index contributed by atoms with van der Waals surface area (Å²) in [6.07, 6.45) is 4.11. The summed E-state index contributed by atoms with van der Waals surface area (Å²) < 4.78 is 14.8. The average Bonchev–Trinajstić information content (AvgIpc) is 2.84. The van der Waals surface area contributed by atoms with Crippen LogP contribution in [0, 0.1) is 16.6 Å². The van der Waals surface area contributed by atoms with Crippen molar-refractivity contribution >= 4 is 34.9 Å². The summed E-state index contributed by atoms with van der Waals surface area (Å²) in [7, 11) is 0. The van der Waals surface area contributed by atoms with Gasteiger partial charge in [0.05, 0.1) is 11.9 Å². The third-order valence-corrected chi connectivity index (χ3v) is 6.10. The molecule has 2 aliphatic rings. The van der Waals surface area contributed by atoms with Crippen LogP contribution in [-0.2, 0) is 0 Å². The topological polar surface area (TPSA) is 151 Å². The fourth-order valence-corrected chi connectivity index (χ4v) is 4.09. The largest absolute Gasteiger partial charge is 0.370 e. The first kappa shape index (κ1) is 23.0. The van der Waals surface area contributed by atoms with Crippen molar-refractivity contribution in [1.29, 1.82) is 10.8 Å². The number of carbonyl (C=O) groups is 1. The number of anilines is 2. The molecular formula is C23H28FN9O. The molecular weight excluding hydrogens is 437 g/mol. The zero-order valence-electron chi connectivity index (χ0n) is 18.7. The number of guanidine groups is 2. The van der Waals surface area contributed by atoms with Crippen LogP contribution >= 0.6 is 0 Å². The van der Waals surface area contributed by atoms with Gasteiger partial charge in [0, 0.05) is 50.4 Å². The number of nitrogens with zero attached hydrogens (tertiary/aromatic N) is 4. The molecule has 4 rings (SSSR count). The number of hydrogen-bond acceptors (Lipinski definition) is 5. The first-order chi connectivity index (χ1) is 16.3. The third-order valence-electron chi connectivity index (χ3n) is 6.10. The molecule has 1 aromatic carbocycles. The van der Waals surface area contributed by atoms with Crippen LogP contribution in [0.25, 0.3) is 5.57 Å². The molecule has 0 spiro atoms. The van der Waals surface area contributed by atoms with Gasteiger partial charge in [-0.05, 0) is 36.3 Å². The Bertz CT molecular complexity index is 1120. The van der Waals surface area contributed by atoms with E-state index in [2.05, 4.69) is 15.2 Å². The highest BCUT2D eigenvalue weighted by Gasteiger charge is 2.19. The van der Waals surface area contributed by atoms with Crippen LogP contribution in [0.2, 0.25) is 0 Å². The molecule has 2 aliphatic heterocycles. The highest BCUT2D eigenvalue weighted by molar-refractivity contribution is 6.04. The summed E-state index contributed by atoms with van der Waals surface area (Å²) >= 11 is 0. The summed E-state index contributed by atoms with van der Waals surface area (Å²) in [5.41, 5.74) is 13.4. The summed E-state index contributed by atoms with van der Waals surface area (Å²) in [6, 6.07) is 8.01. The van der Waals surface area contributed by atoms with E-state index >= 15 is 0 Å². The van der Waals surface area contributed by atoms with Crippen molar-refractivity contribution in [2.45, 2.75) is 6.42 Å². The molecule has 10 nitrogen and oxygen atoms in total. The van der Waals surface area contributed by atoms with E-state index in [0.717, 1.165) is 24.4 Å². The monoisotopic (exact) mass is 465 g/mol. The highest BCUT2D eigenvalue weighted by Crippen LogP contribution is 2.26. The quantitative estimate of drug-likeness (QED) is 0.339. The Morgan fingerprint density at radius 2 is 1.74 bits per heavy atom. The lowest BCUT2D eigenvalue weighted by Gasteiger charge is -2.36. The standard InChI is InChI=1S/C23H28FN9O/c24-19-13-16(1-3-18(19)15-5-7-32(8-6-15)22(25)26)21(34)30-20-4-2-17(14-29-20)31-9-11-33(12-10-31)23(27)28/h1-5,13-14H,6-12H2,(H3,25,26)(H3,27,28)(H,29,30,34). The number of halogens is 1. The van der Waals surface area contributed by atoms with Gasteiger partial charge in [0.2, 0.25) is 0 Å². The minimum absolute atomic E-state index is 0.0000110. The first-order valence-electron chi connectivity index (χ1n) is 11.0. The zero-order chi connectivity index (χ0) is 24.2. The molecule has 7 N–H and O–H groups in total. The number of piperazine rings is 1. The van der Waals surface area contributed by atoms with E-state index in [1.165, 1.54) is 6.07 Å². The van der Waals surface area contributed by atoms with Crippen LogP contribution in [-0.4, -0.2) is 71.9 Å². The molecule has 0 atom stereocenters. The number of nitrogens with one attached hydrogen (secondary N) is 3. The maximum Gasteiger partial charge on any atom is 0.256 e. The second-order valence-electron chi connectivity index (χ2n) is 8.22. The molecule has 11 heteroatoms. The van der Waals surface area contributed by atoms with Gasteiger partial charge in [0.15, 0.2) is 11.9 Å². The number of aromatic nitrogens is 1. The molecule has 0 aliphatic carbocycles. The van der Waals surface area contributed by atoms with Gasteiger partial charge in [-0.15, -0.1) is 0 Å². The van der Waals surface area contributed by atoms with Crippen molar-refractivity contribution < 1.29 is 9.18 Å². The molecule has 0 saturated carbocycles. The average molecular weight is 466 g/mol. The van der Waals surface area contributed by atoms with Gasteiger partial charge >= 0.3 is 0 Å². The van der Waals surface area contributed by atoms with Gasteiger partial charge in [0.25, 0.3) is 5.91 Å². The van der Waals surface area contributed by atoms with Gasteiger partial charge in [-0.2, -0.15) is 0 Å². The van der Waals surface area contributed by atoms with Gasteiger partial charge in [-0.3, -0.25) is 15.6 Å². The van der Waals surface area contributed by atoms with Crippen LogP contribution in [0.3, 0.4) is 0 Å². The molecule has 3 heterocycles.